The lowest BCUT2D eigenvalue weighted by Crippen LogP contribution is -2.40. The number of unbranched alkanes of at least 4 members (excludes halogenated alkanes) is 1. The van der Waals surface area contributed by atoms with Gasteiger partial charge in [-0.1, -0.05) is 33.3 Å². The molecule has 1 amide bonds. The van der Waals surface area contributed by atoms with Crippen LogP contribution in [0.25, 0.3) is 21.5 Å². The highest BCUT2D eigenvalue weighted by Gasteiger charge is 2.22. The largest absolute Gasteiger partial charge is 0.352 e. The number of benzene rings is 1. The zero-order chi connectivity index (χ0) is 26.4. The predicted molar refractivity (Wildman–Crippen MR) is 151 cm³/mol. The highest BCUT2D eigenvalue weighted by molar-refractivity contribution is 7.89. The molecule has 0 saturated carbocycles. The Labute approximate surface area is 224 Å². The molecule has 2 atom stereocenters. The van der Waals surface area contributed by atoms with Gasteiger partial charge in [0.2, 0.25) is 10.0 Å². The molecule has 2 aromatic heterocycles. The third kappa shape index (κ3) is 7.16. The van der Waals surface area contributed by atoms with Gasteiger partial charge in [0.25, 0.3) is 5.91 Å². The Kier molecular flexibility index (Phi) is 9.34. The first-order valence-electron chi connectivity index (χ1n) is 13.3. The number of rotatable bonds is 11. The molecule has 1 aliphatic rings. The number of hydrogen-bond acceptors (Lipinski definition) is 6. The highest BCUT2D eigenvalue weighted by Crippen LogP contribution is 2.29. The fourth-order valence-electron chi connectivity index (χ4n) is 5.15. The number of thiophene rings is 1. The smallest absolute Gasteiger partial charge is 0.252 e. The van der Waals surface area contributed by atoms with Crippen LogP contribution in [0.2, 0.25) is 0 Å². The van der Waals surface area contributed by atoms with Crippen LogP contribution < -0.4 is 10.0 Å². The fourth-order valence-corrected chi connectivity index (χ4v) is 6.94. The summed E-state index contributed by atoms with van der Waals surface area (Å²) in [6.45, 7) is 10.7. The summed E-state index contributed by atoms with van der Waals surface area (Å²) in [7, 11) is -3.68. The molecular weight excluding hydrogens is 504 g/mol. The Morgan fingerprint density at radius 2 is 1.89 bits per heavy atom. The fraction of sp³-hybridized carbons (Fsp3) is 0.500. The van der Waals surface area contributed by atoms with E-state index in [2.05, 4.69) is 28.8 Å². The molecule has 7 nitrogen and oxygen atoms in total. The van der Waals surface area contributed by atoms with Gasteiger partial charge < -0.3 is 10.2 Å². The van der Waals surface area contributed by atoms with Crippen molar-refractivity contribution in [3.63, 3.8) is 0 Å². The normalized spacial score (nSPS) is 18.8. The SMILES string of the molecule is CCCCNS(=O)(=O)c1ccc2nc(-c3cccs3)cc(C(=O)NCCCN3C[C@H](C)C[C@H](C)C3)c2c1. The standard InChI is InChI=1S/C28H38N4O3S2/c1-4-5-12-30-37(34,35)22-9-10-25-23(16-22)24(17-26(31-25)27-8-6-14-36-27)28(33)29-11-7-13-32-18-20(2)15-21(3)19-32/h6,8-10,14,16-17,20-21,30H,4-5,7,11-13,15,18-19H2,1-3H3,(H,29,33)/t20-,21+. The summed E-state index contributed by atoms with van der Waals surface area (Å²) in [6, 6.07) is 10.5. The van der Waals surface area contributed by atoms with E-state index in [-0.39, 0.29) is 10.8 Å². The van der Waals surface area contributed by atoms with E-state index >= 15 is 0 Å². The molecule has 1 saturated heterocycles. The van der Waals surface area contributed by atoms with E-state index in [9.17, 15) is 13.2 Å². The topological polar surface area (TPSA) is 91.4 Å². The van der Waals surface area contributed by atoms with Crippen LogP contribution in [0.3, 0.4) is 0 Å². The van der Waals surface area contributed by atoms with Crippen molar-refractivity contribution in [2.45, 2.75) is 51.3 Å². The minimum Gasteiger partial charge on any atom is -0.352 e. The Morgan fingerprint density at radius 3 is 2.59 bits per heavy atom. The van der Waals surface area contributed by atoms with Gasteiger partial charge in [-0.25, -0.2) is 18.1 Å². The molecule has 3 heterocycles. The van der Waals surface area contributed by atoms with Gasteiger partial charge in [0.1, 0.15) is 0 Å². The van der Waals surface area contributed by atoms with E-state index in [0.29, 0.717) is 47.1 Å². The second-order valence-electron chi connectivity index (χ2n) is 10.3. The molecule has 37 heavy (non-hydrogen) atoms. The first-order valence-corrected chi connectivity index (χ1v) is 15.6. The van der Waals surface area contributed by atoms with Crippen molar-refractivity contribution < 1.29 is 13.2 Å². The lowest BCUT2D eigenvalue weighted by atomic mass is 9.92. The van der Waals surface area contributed by atoms with E-state index in [1.54, 1.807) is 35.6 Å². The maximum Gasteiger partial charge on any atom is 0.252 e. The van der Waals surface area contributed by atoms with Gasteiger partial charge in [-0.15, -0.1) is 11.3 Å². The van der Waals surface area contributed by atoms with Crippen LogP contribution in [0.1, 0.15) is 56.8 Å². The lowest BCUT2D eigenvalue weighted by molar-refractivity contribution is 0.0949. The number of piperidine rings is 1. The molecule has 3 aromatic rings. The molecule has 2 N–H and O–H groups in total. The highest BCUT2D eigenvalue weighted by atomic mass is 32.2. The third-order valence-electron chi connectivity index (χ3n) is 6.81. The summed E-state index contributed by atoms with van der Waals surface area (Å²) in [5.41, 5.74) is 1.75. The summed E-state index contributed by atoms with van der Waals surface area (Å²) in [5, 5.41) is 5.58. The molecular formula is C28H38N4O3S2. The number of fused-ring (bicyclic) bond motifs is 1. The van der Waals surface area contributed by atoms with Crippen molar-refractivity contribution in [2.75, 3.05) is 32.7 Å². The van der Waals surface area contributed by atoms with Crippen LogP contribution in [-0.2, 0) is 10.0 Å². The summed E-state index contributed by atoms with van der Waals surface area (Å²) in [6.07, 6.45) is 3.81. The molecule has 1 aromatic carbocycles. The molecule has 0 bridgehead atoms. The molecule has 0 spiro atoms. The van der Waals surface area contributed by atoms with Crippen LogP contribution in [-0.4, -0.2) is 56.9 Å². The molecule has 200 valence electrons. The Morgan fingerprint density at radius 1 is 1.11 bits per heavy atom. The second kappa shape index (κ2) is 12.5. The van der Waals surface area contributed by atoms with Gasteiger partial charge in [-0.3, -0.25) is 4.79 Å². The van der Waals surface area contributed by atoms with E-state index in [4.69, 9.17) is 4.98 Å². The van der Waals surface area contributed by atoms with Gasteiger partial charge >= 0.3 is 0 Å². The minimum absolute atomic E-state index is 0.143. The average Bonchev–Trinajstić information content (AvgIpc) is 3.40. The number of pyridine rings is 1. The number of nitrogens with one attached hydrogen (secondary N) is 2. The molecule has 0 radical (unpaired) electrons. The van der Waals surface area contributed by atoms with E-state index in [1.807, 2.05) is 24.4 Å². The third-order valence-corrected chi connectivity index (χ3v) is 9.16. The Balaban J connectivity index is 1.55. The predicted octanol–water partition coefficient (Wildman–Crippen LogP) is 5.14. The number of aromatic nitrogens is 1. The lowest BCUT2D eigenvalue weighted by Gasteiger charge is -2.34. The van der Waals surface area contributed by atoms with Gasteiger partial charge in [0.15, 0.2) is 0 Å². The zero-order valence-corrected chi connectivity index (χ0v) is 23.6. The monoisotopic (exact) mass is 542 g/mol. The van der Waals surface area contributed by atoms with Crippen LogP contribution in [0.15, 0.2) is 46.7 Å². The summed E-state index contributed by atoms with van der Waals surface area (Å²) in [4.78, 5) is 21.7. The molecule has 1 fully saturated rings. The summed E-state index contributed by atoms with van der Waals surface area (Å²) < 4.78 is 28.4. The van der Waals surface area contributed by atoms with Crippen LogP contribution >= 0.6 is 11.3 Å². The number of likely N-dealkylation sites (tertiary alicyclic amines) is 1. The zero-order valence-electron chi connectivity index (χ0n) is 22.0. The average molecular weight is 543 g/mol. The first kappa shape index (κ1) is 27.7. The van der Waals surface area contributed by atoms with Gasteiger partial charge in [0, 0.05) is 31.6 Å². The summed E-state index contributed by atoms with van der Waals surface area (Å²) in [5.74, 6) is 1.21. The molecule has 0 unspecified atom stereocenters. The second-order valence-corrected chi connectivity index (χ2v) is 13.0. The van der Waals surface area contributed by atoms with Crippen molar-refractivity contribution in [1.29, 1.82) is 0 Å². The van der Waals surface area contributed by atoms with Crippen LogP contribution in [0, 0.1) is 11.8 Å². The number of carbonyl (C=O) groups is 1. The van der Waals surface area contributed by atoms with E-state index < -0.39 is 10.0 Å². The Hall–Kier alpha value is -2.33. The van der Waals surface area contributed by atoms with Crippen LogP contribution in [0.4, 0.5) is 0 Å². The molecule has 4 rings (SSSR count). The van der Waals surface area contributed by atoms with Gasteiger partial charge in [-0.05, 0) is 73.4 Å². The maximum atomic E-state index is 13.4. The Bertz CT molecular complexity index is 1300. The van der Waals surface area contributed by atoms with E-state index in [1.165, 1.54) is 6.42 Å². The van der Waals surface area contributed by atoms with Crippen molar-refractivity contribution in [2.24, 2.45) is 11.8 Å². The van der Waals surface area contributed by atoms with E-state index in [0.717, 1.165) is 43.8 Å². The summed E-state index contributed by atoms with van der Waals surface area (Å²) >= 11 is 1.56. The number of amides is 1. The van der Waals surface area contributed by atoms with Crippen molar-refractivity contribution in [1.82, 2.24) is 19.9 Å². The van der Waals surface area contributed by atoms with Gasteiger partial charge in [-0.2, -0.15) is 0 Å². The first-order chi connectivity index (χ1) is 17.8. The molecule has 0 aliphatic carbocycles. The number of sulfonamides is 1. The van der Waals surface area contributed by atoms with Gasteiger partial charge in [0.05, 0.1) is 26.5 Å². The van der Waals surface area contributed by atoms with Crippen LogP contribution in [0.5, 0.6) is 0 Å². The number of hydrogen-bond donors (Lipinski definition) is 2. The minimum atomic E-state index is -3.68. The maximum absolute atomic E-state index is 13.4. The quantitative estimate of drug-likeness (QED) is 0.328. The number of carbonyl (C=O) groups excluding carboxylic acids is 1. The van der Waals surface area contributed by atoms with Crippen molar-refractivity contribution >= 4 is 38.2 Å². The van der Waals surface area contributed by atoms with Crippen molar-refractivity contribution in [3.8, 4) is 10.6 Å². The molecule has 1 aliphatic heterocycles. The van der Waals surface area contributed by atoms with Crippen molar-refractivity contribution in [3.05, 3.63) is 47.3 Å². The number of nitrogens with zero attached hydrogens (tertiary/aromatic N) is 2. The molecule has 9 heteroatoms.